The van der Waals surface area contributed by atoms with Crippen LogP contribution >= 0.6 is 0 Å². The summed E-state index contributed by atoms with van der Waals surface area (Å²) in [5.41, 5.74) is 8.15. The standard InChI is InChI=1S/C21H30N6O3/c1-21(4-5-21)30-14-2-3-16-15(8-14)19(25-24-16)17-9-18(23-12-22-17)26-6-7-27-13(10-26)11-29-20(27)28/h9,12-16,19,24-25H,2-8,10-11H2,1H3. The predicted octanol–water partition coefficient (Wildman–Crippen LogP) is 1.37. The second-order valence-corrected chi connectivity index (χ2v) is 9.71. The van der Waals surface area contributed by atoms with Gasteiger partial charge in [0.1, 0.15) is 18.8 Å². The van der Waals surface area contributed by atoms with Crippen molar-refractivity contribution in [2.75, 3.05) is 31.1 Å². The van der Waals surface area contributed by atoms with Crippen molar-refractivity contribution < 1.29 is 14.3 Å². The van der Waals surface area contributed by atoms with Crippen LogP contribution in [0.2, 0.25) is 0 Å². The molecule has 4 heterocycles. The summed E-state index contributed by atoms with van der Waals surface area (Å²) in [4.78, 5) is 25.0. The number of carbonyl (C=O) groups is 1. The largest absolute Gasteiger partial charge is 0.447 e. The van der Waals surface area contributed by atoms with Crippen molar-refractivity contribution in [3.05, 3.63) is 18.1 Å². The molecule has 2 aliphatic carbocycles. The summed E-state index contributed by atoms with van der Waals surface area (Å²) < 4.78 is 11.6. The Morgan fingerprint density at radius 2 is 2.13 bits per heavy atom. The zero-order valence-corrected chi connectivity index (χ0v) is 17.4. The number of anilines is 1. The molecule has 5 fully saturated rings. The number of hydrogen-bond donors (Lipinski definition) is 2. The van der Waals surface area contributed by atoms with Crippen molar-refractivity contribution in [1.82, 2.24) is 25.7 Å². The second-order valence-electron chi connectivity index (χ2n) is 9.71. The summed E-state index contributed by atoms with van der Waals surface area (Å²) in [6.45, 7) is 4.89. The van der Waals surface area contributed by atoms with E-state index in [-0.39, 0.29) is 23.8 Å². The fourth-order valence-electron chi connectivity index (χ4n) is 5.51. The van der Waals surface area contributed by atoms with E-state index in [9.17, 15) is 4.79 Å². The smallest absolute Gasteiger partial charge is 0.410 e. The summed E-state index contributed by atoms with van der Waals surface area (Å²) in [6, 6.07) is 2.85. The minimum absolute atomic E-state index is 0.111. The number of hydrogen-bond acceptors (Lipinski definition) is 8. The lowest BCUT2D eigenvalue weighted by Gasteiger charge is -2.36. The first-order valence-corrected chi connectivity index (χ1v) is 11.3. The quantitative estimate of drug-likeness (QED) is 0.763. The van der Waals surface area contributed by atoms with Crippen LogP contribution in [0.3, 0.4) is 0 Å². The predicted molar refractivity (Wildman–Crippen MR) is 109 cm³/mol. The average molecular weight is 415 g/mol. The van der Waals surface area contributed by atoms with Crippen LogP contribution in [0.15, 0.2) is 12.4 Å². The molecule has 30 heavy (non-hydrogen) atoms. The van der Waals surface area contributed by atoms with Gasteiger partial charge in [-0.05, 0) is 39.0 Å². The van der Waals surface area contributed by atoms with E-state index < -0.39 is 0 Å². The van der Waals surface area contributed by atoms with E-state index in [1.807, 2.05) is 4.90 Å². The van der Waals surface area contributed by atoms with Gasteiger partial charge in [0.15, 0.2) is 0 Å². The highest BCUT2D eigenvalue weighted by molar-refractivity contribution is 5.70. The molecular formula is C21H30N6O3. The third-order valence-corrected chi connectivity index (χ3v) is 7.54. The summed E-state index contributed by atoms with van der Waals surface area (Å²) >= 11 is 0. The first-order valence-electron chi connectivity index (χ1n) is 11.3. The van der Waals surface area contributed by atoms with Crippen molar-refractivity contribution in [3.8, 4) is 0 Å². The topological polar surface area (TPSA) is 91.9 Å². The van der Waals surface area contributed by atoms with Gasteiger partial charge in [-0.1, -0.05) is 0 Å². The summed E-state index contributed by atoms with van der Waals surface area (Å²) in [6.07, 6.45) is 7.52. The highest BCUT2D eigenvalue weighted by Crippen LogP contribution is 2.45. The molecule has 5 aliphatic rings. The number of nitrogens with zero attached hydrogens (tertiary/aromatic N) is 4. The van der Waals surface area contributed by atoms with Gasteiger partial charge in [0, 0.05) is 37.7 Å². The highest BCUT2D eigenvalue weighted by atomic mass is 16.6. The molecule has 0 spiro atoms. The van der Waals surface area contributed by atoms with Gasteiger partial charge in [-0.2, -0.15) is 0 Å². The Balaban J connectivity index is 1.17. The van der Waals surface area contributed by atoms with Gasteiger partial charge in [-0.3, -0.25) is 10.3 Å². The van der Waals surface area contributed by atoms with E-state index in [2.05, 4.69) is 38.7 Å². The van der Waals surface area contributed by atoms with Crippen LogP contribution < -0.4 is 15.8 Å². The molecule has 162 valence electrons. The molecule has 6 rings (SSSR count). The average Bonchev–Trinajstić information content (AvgIpc) is 3.18. The van der Waals surface area contributed by atoms with Crippen molar-refractivity contribution in [2.45, 2.75) is 68.9 Å². The van der Waals surface area contributed by atoms with Crippen molar-refractivity contribution >= 4 is 11.9 Å². The molecule has 1 aromatic rings. The van der Waals surface area contributed by atoms with E-state index in [1.165, 1.54) is 12.8 Å². The minimum Gasteiger partial charge on any atom is -0.447 e. The molecule has 0 bridgehead atoms. The molecule has 5 unspecified atom stereocenters. The number of hydrazine groups is 1. The number of carbonyl (C=O) groups excluding carboxylic acids is 1. The zero-order valence-electron chi connectivity index (χ0n) is 17.4. The lowest BCUT2D eigenvalue weighted by molar-refractivity contribution is -0.0500. The number of ether oxygens (including phenoxy) is 2. The van der Waals surface area contributed by atoms with Crippen LogP contribution in [0.4, 0.5) is 10.6 Å². The molecule has 5 atom stereocenters. The first kappa shape index (κ1) is 18.8. The molecule has 3 saturated heterocycles. The molecule has 0 aromatic carbocycles. The summed E-state index contributed by atoms with van der Waals surface area (Å²) in [7, 11) is 0. The lowest BCUT2D eigenvalue weighted by Crippen LogP contribution is -2.52. The Kier molecular flexibility index (Phi) is 4.40. The Morgan fingerprint density at radius 1 is 1.23 bits per heavy atom. The van der Waals surface area contributed by atoms with Gasteiger partial charge < -0.3 is 14.4 Å². The lowest BCUT2D eigenvalue weighted by atomic mass is 9.79. The van der Waals surface area contributed by atoms with E-state index in [1.54, 1.807) is 6.33 Å². The van der Waals surface area contributed by atoms with Crippen molar-refractivity contribution in [3.63, 3.8) is 0 Å². The number of rotatable bonds is 4. The zero-order chi connectivity index (χ0) is 20.3. The van der Waals surface area contributed by atoms with Crippen LogP contribution in [0.25, 0.3) is 0 Å². The number of nitrogens with one attached hydrogen (secondary N) is 2. The fourth-order valence-corrected chi connectivity index (χ4v) is 5.51. The Bertz CT molecular complexity index is 833. The second kappa shape index (κ2) is 7.03. The highest BCUT2D eigenvalue weighted by Gasteiger charge is 2.46. The van der Waals surface area contributed by atoms with Gasteiger partial charge in [-0.15, -0.1) is 0 Å². The van der Waals surface area contributed by atoms with Gasteiger partial charge in [-0.25, -0.2) is 20.2 Å². The van der Waals surface area contributed by atoms with Crippen LogP contribution in [0.5, 0.6) is 0 Å². The maximum Gasteiger partial charge on any atom is 0.410 e. The molecule has 9 heteroatoms. The number of amides is 1. The van der Waals surface area contributed by atoms with E-state index in [0.717, 1.165) is 43.9 Å². The number of aromatic nitrogens is 2. The third kappa shape index (κ3) is 3.33. The van der Waals surface area contributed by atoms with E-state index >= 15 is 0 Å². The maximum absolute atomic E-state index is 11.8. The van der Waals surface area contributed by atoms with Gasteiger partial charge in [0.2, 0.25) is 0 Å². The minimum atomic E-state index is -0.190. The first-order chi connectivity index (χ1) is 14.6. The number of piperazine rings is 1. The SMILES string of the molecule is CC1(OC2CCC3NNC(c4cc(N5CCN6C(=O)OCC6C5)ncn4)C3C2)CC1. The van der Waals surface area contributed by atoms with Crippen LogP contribution in [-0.4, -0.2) is 71.0 Å². The molecule has 3 aliphatic heterocycles. The Labute approximate surface area is 176 Å². The molecule has 1 aromatic heterocycles. The maximum atomic E-state index is 11.8. The molecule has 1 amide bonds. The summed E-state index contributed by atoms with van der Waals surface area (Å²) in [5.74, 6) is 1.39. The Hall–Kier alpha value is -1.97. The van der Waals surface area contributed by atoms with Gasteiger partial charge in [0.05, 0.1) is 29.5 Å². The molecule has 0 radical (unpaired) electrons. The van der Waals surface area contributed by atoms with Crippen molar-refractivity contribution in [1.29, 1.82) is 0 Å². The van der Waals surface area contributed by atoms with E-state index in [4.69, 9.17) is 9.47 Å². The monoisotopic (exact) mass is 414 g/mol. The van der Waals surface area contributed by atoms with E-state index in [0.29, 0.717) is 31.2 Å². The number of fused-ring (bicyclic) bond motifs is 2. The van der Waals surface area contributed by atoms with Gasteiger partial charge in [0.25, 0.3) is 0 Å². The fraction of sp³-hybridized carbons (Fsp3) is 0.762. The van der Waals surface area contributed by atoms with Crippen molar-refractivity contribution in [2.24, 2.45) is 5.92 Å². The normalized spacial score (nSPS) is 37.0. The number of cyclic esters (lactones) is 1. The van der Waals surface area contributed by atoms with Crippen LogP contribution in [0, 0.1) is 5.92 Å². The molecule has 2 N–H and O–H groups in total. The van der Waals surface area contributed by atoms with Crippen LogP contribution in [0.1, 0.15) is 50.8 Å². The third-order valence-electron chi connectivity index (χ3n) is 7.54. The molecule has 9 nitrogen and oxygen atoms in total. The molecule has 2 saturated carbocycles. The van der Waals surface area contributed by atoms with Gasteiger partial charge >= 0.3 is 6.09 Å². The Morgan fingerprint density at radius 3 is 3.00 bits per heavy atom. The van der Waals surface area contributed by atoms with Crippen LogP contribution in [-0.2, 0) is 9.47 Å². The molecular weight excluding hydrogens is 384 g/mol. The summed E-state index contributed by atoms with van der Waals surface area (Å²) in [5, 5.41) is 0.